The standard InChI is InChI=1S/C25H36N4O10/c1-2-26(13-22(30)31)20-5-3-4-6-21(20)28(16-25(36)37)12-19(27(14-23(32)33)15-24(34)35)11-17-7-9-18(10-8-17)29(38)39/h7-10,19-21H,2-6,11-16H2,1H3,(H,30,31)(H,32,33)(H,34,35)(H,36,37)/t19-,20-,21-/m1/s1. The van der Waals surface area contributed by atoms with Crippen molar-refractivity contribution >= 4 is 29.6 Å². The van der Waals surface area contributed by atoms with Gasteiger partial charge in [-0.15, -0.1) is 0 Å². The lowest BCUT2D eigenvalue weighted by Gasteiger charge is -2.45. The van der Waals surface area contributed by atoms with Gasteiger partial charge in [0.25, 0.3) is 5.69 Å². The predicted molar refractivity (Wildman–Crippen MR) is 138 cm³/mol. The molecular weight excluding hydrogens is 516 g/mol. The van der Waals surface area contributed by atoms with Gasteiger partial charge in [-0.25, -0.2) is 0 Å². The van der Waals surface area contributed by atoms with Gasteiger partial charge >= 0.3 is 23.9 Å². The van der Waals surface area contributed by atoms with Crippen LogP contribution in [0.5, 0.6) is 0 Å². The zero-order chi connectivity index (χ0) is 29.1. The van der Waals surface area contributed by atoms with Crippen molar-refractivity contribution in [3.63, 3.8) is 0 Å². The van der Waals surface area contributed by atoms with Gasteiger partial charge < -0.3 is 20.4 Å². The Labute approximate surface area is 225 Å². The van der Waals surface area contributed by atoms with Gasteiger partial charge in [0.15, 0.2) is 0 Å². The minimum atomic E-state index is -1.26. The third kappa shape index (κ3) is 10.2. The summed E-state index contributed by atoms with van der Waals surface area (Å²) >= 11 is 0. The van der Waals surface area contributed by atoms with Crippen LogP contribution in [0, 0.1) is 10.1 Å². The molecule has 0 spiro atoms. The van der Waals surface area contributed by atoms with E-state index in [2.05, 4.69) is 0 Å². The van der Waals surface area contributed by atoms with E-state index in [0.717, 1.165) is 12.8 Å². The number of nitrogens with zero attached hydrogens (tertiary/aromatic N) is 4. The molecule has 1 fully saturated rings. The normalized spacial score (nSPS) is 18.3. The number of aliphatic carboxylic acids is 4. The maximum absolute atomic E-state index is 11.9. The van der Waals surface area contributed by atoms with Crippen LogP contribution in [0.2, 0.25) is 0 Å². The van der Waals surface area contributed by atoms with Crippen LogP contribution >= 0.6 is 0 Å². The van der Waals surface area contributed by atoms with Gasteiger partial charge in [-0.2, -0.15) is 0 Å². The first kappa shape index (κ1) is 31.6. The molecule has 0 aromatic heterocycles. The van der Waals surface area contributed by atoms with E-state index in [-0.39, 0.29) is 37.3 Å². The third-order valence-electron chi connectivity index (χ3n) is 6.97. The lowest BCUT2D eigenvalue weighted by molar-refractivity contribution is -0.384. The monoisotopic (exact) mass is 552 g/mol. The average Bonchev–Trinajstić information content (AvgIpc) is 2.85. The van der Waals surface area contributed by atoms with E-state index >= 15 is 0 Å². The van der Waals surface area contributed by atoms with Crippen LogP contribution in [0.1, 0.15) is 38.2 Å². The van der Waals surface area contributed by atoms with Gasteiger partial charge in [0.2, 0.25) is 0 Å². The molecule has 1 aromatic rings. The van der Waals surface area contributed by atoms with E-state index < -0.39 is 54.5 Å². The zero-order valence-electron chi connectivity index (χ0n) is 21.8. The number of likely N-dealkylation sites (N-methyl/N-ethyl adjacent to an activating group) is 1. The van der Waals surface area contributed by atoms with Crippen LogP contribution in [0.25, 0.3) is 0 Å². The molecule has 1 aliphatic rings. The fourth-order valence-corrected chi connectivity index (χ4v) is 5.34. The van der Waals surface area contributed by atoms with E-state index in [9.17, 15) is 49.7 Å². The minimum absolute atomic E-state index is 0.00433. The number of non-ortho nitro benzene ring substituents is 1. The molecule has 0 saturated heterocycles. The molecule has 0 heterocycles. The first-order valence-electron chi connectivity index (χ1n) is 12.7. The molecule has 1 aromatic carbocycles. The second kappa shape index (κ2) is 15.1. The van der Waals surface area contributed by atoms with Crippen LogP contribution < -0.4 is 0 Å². The molecule has 0 amide bonds. The second-order valence-electron chi connectivity index (χ2n) is 9.67. The number of benzene rings is 1. The van der Waals surface area contributed by atoms with Crippen molar-refractivity contribution in [1.82, 2.24) is 14.7 Å². The van der Waals surface area contributed by atoms with Crippen molar-refractivity contribution in [3.8, 4) is 0 Å². The van der Waals surface area contributed by atoms with Crippen LogP contribution in [-0.4, -0.2) is 121 Å². The number of carboxylic acid groups (broad SMARTS) is 4. The first-order valence-corrected chi connectivity index (χ1v) is 12.7. The second-order valence-corrected chi connectivity index (χ2v) is 9.67. The molecule has 1 saturated carbocycles. The molecule has 1 aliphatic carbocycles. The molecule has 2 rings (SSSR count). The lowest BCUT2D eigenvalue weighted by Crippen LogP contribution is -2.59. The highest BCUT2D eigenvalue weighted by molar-refractivity contribution is 5.73. The highest BCUT2D eigenvalue weighted by Gasteiger charge is 2.37. The predicted octanol–water partition coefficient (Wildman–Crippen LogP) is 1.08. The number of nitro groups is 1. The fourth-order valence-electron chi connectivity index (χ4n) is 5.34. The Morgan fingerprint density at radius 2 is 1.31 bits per heavy atom. The number of hydrogen-bond donors (Lipinski definition) is 4. The summed E-state index contributed by atoms with van der Waals surface area (Å²) < 4.78 is 0. The Hall–Kier alpha value is -3.62. The summed E-state index contributed by atoms with van der Waals surface area (Å²) in [5, 5.41) is 49.2. The van der Waals surface area contributed by atoms with Gasteiger partial charge in [0.05, 0.1) is 31.1 Å². The van der Waals surface area contributed by atoms with Crippen molar-refractivity contribution in [2.75, 3.05) is 39.3 Å². The minimum Gasteiger partial charge on any atom is -0.480 e. The Morgan fingerprint density at radius 3 is 1.74 bits per heavy atom. The molecule has 0 radical (unpaired) electrons. The molecule has 14 nitrogen and oxygen atoms in total. The van der Waals surface area contributed by atoms with Crippen LogP contribution in [0.3, 0.4) is 0 Å². The van der Waals surface area contributed by atoms with Crippen LogP contribution in [-0.2, 0) is 25.6 Å². The number of nitro benzene ring substituents is 1. The van der Waals surface area contributed by atoms with E-state index in [4.69, 9.17) is 0 Å². The summed E-state index contributed by atoms with van der Waals surface area (Å²) in [5.41, 5.74) is 0.446. The molecule has 0 aliphatic heterocycles. The largest absolute Gasteiger partial charge is 0.480 e. The Kier molecular flexibility index (Phi) is 12.2. The van der Waals surface area contributed by atoms with E-state index in [1.54, 1.807) is 9.80 Å². The first-order chi connectivity index (χ1) is 18.4. The molecule has 3 atom stereocenters. The van der Waals surface area contributed by atoms with Crippen molar-refractivity contribution in [2.45, 2.75) is 57.2 Å². The highest BCUT2D eigenvalue weighted by Crippen LogP contribution is 2.28. The molecule has 39 heavy (non-hydrogen) atoms. The molecular formula is C25H36N4O10. The van der Waals surface area contributed by atoms with E-state index in [0.29, 0.717) is 24.9 Å². The van der Waals surface area contributed by atoms with Gasteiger partial charge in [0.1, 0.15) is 0 Å². The smallest absolute Gasteiger partial charge is 0.317 e. The Balaban J connectivity index is 2.47. The lowest BCUT2D eigenvalue weighted by atomic mass is 9.87. The number of carboxylic acids is 4. The summed E-state index contributed by atoms with van der Waals surface area (Å²) in [7, 11) is 0. The third-order valence-corrected chi connectivity index (χ3v) is 6.97. The Morgan fingerprint density at radius 1 is 0.846 bits per heavy atom. The summed E-state index contributed by atoms with van der Waals surface area (Å²) in [4.78, 5) is 61.9. The summed E-state index contributed by atoms with van der Waals surface area (Å²) in [6.45, 7) is 0.416. The van der Waals surface area contributed by atoms with Crippen molar-refractivity contribution < 1.29 is 44.5 Å². The molecule has 0 bridgehead atoms. The molecule has 0 unspecified atom stereocenters. The molecule has 4 N–H and O–H groups in total. The molecule has 14 heteroatoms. The SMILES string of the molecule is CCN(CC(=O)O)[C@@H]1CCCC[C@H]1N(CC(=O)O)C[C@@H](Cc1ccc([N+](=O)[O-])cc1)N(CC(=O)O)CC(=O)O. The van der Waals surface area contributed by atoms with Crippen molar-refractivity contribution in [1.29, 1.82) is 0 Å². The Bertz CT molecular complexity index is 1000. The van der Waals surface area contributed by atoms with Gasteiger partial charge in [-0.05, 0) is 31.4 Å². The van der Waals surface area contributed by atoms with Crippen molar-refractivity contribution in [3.05, 3.63) is 39.9 Å². The molecule has 216 valence electrons. The van der Waals surface area contributed by atoms with Crippen LogP contribution in [0.15, 0.2) is 24.3 Å². The quantitative estimate of drug-likeness (QED) is 0.158. The van der Waals surface area contributed by atoms with Gasteiger partial charge in [-0.3, -0.25) is 44.0 Å². The van der Waals surface area contributed by atoms with Gasteiger partial charge in [-0.1, -0.05) is 31.9 Å². The number of carbonyl (C=O) groups is 4. The van der Waals surface area contributed by atoms with Crippen molar-refractivity contribution in [2.24, 2.45) is 0 Å². The number of rotatable bonds is 17. The van der Waals surface area contributed by atoms with Gasteiger partial charge in [0, 0.05) is 36.8 Å². The van der Waals surface area contributed by atoms with E-state index in [1.165, 1.54) is 29.2 Å². The topological polar surface area (TPSA) is 202 Å². The fraction of sp³-hybridized carbons (Fsp3) is 0.600. The summed E-state index contributed by atoms with van der Waals surface area (Å²) in [6.07, 6.45) is 3.00. The number of hydrogen-bond acceptors (Lipinski definition) is 9. The maximum atomic E-state index is 11.9. The summed E-state index contributed by atoms with van der Waals surface area (Å²) in [6, 6.07) is 4.21. The zero-order valence-corrected chi connectivity index (χ0v) is 21.8. The average molecular weight is 553 g/mol. The summed E-state index contributed by atoms with van der Waals surface area (Å²) in [5.74, 6) is -4.65. The highest BCUT2D eigenvalue weighted by atomic mass is 16.6. The van der Waals surface area contributed by atoms with E-state index in [1.807, 2.05) is 6.92 Å². The van der Waals surface area contributed by atoms with Crippen LogP contribution in [0.4, 0.5) is 5.69 Å². The maximum Gasteiger partial charge on any atom is 0.317 e.